The Hall–Kier alpha value is -3.56. The Morgan fingerprint density at radius 2 is 1.70 bits per heavy atom. The molecule has 0 aliphatic rings. The number of thioether (sulfide) groups is 1. The molecule has 0 radical (unpaired) electrons. The van der Waals surface area contributed by atoms with Crippen molar-refractivity contribution in [2.24, 2.45) is 0 Å². The minimum atomic E-state index is -0.104. The van der Waals surface area contributed by atoms with E-state index in [1.165, 1.54) is 11.8 Å². The molecule has 0 amide bonds. The van der Waals surface area contributed by atoms with E-state index in [9.17, 15) is 0 Å². The second kappa shape index (κ2) is 9.13. The van der Waals surface area contributed by atoms with Crippen LogP contribution in [0.1, 0.15) is 23.6 Å². The second-order valence-electron chi connectivity index (χ2n) is 7.31. The monoisotopic (exact) mass is 474 g/mol. The van der Waals surface area contributed by atoms with Crippen molar-refractivity contribution in [3.63, 3.8) is 0 Å². The van der Waals surface area contributed by atoms with E-state index in [-0.39, 0.29) is 5.25 Å². The molecule has 1 unspecified atom stereocenters. The number of aromatic nitrogens is 8. The Morgan fingerprint density at radius 3 is 2.48 bits per heavy atom. The van der Waals surface area contributed by atoms with Gasteiger partial charge in [0.15, 0.2) is 16.8 Å². The fourth-order valence-corrected chi connectivity index (χ4v) is 4.62. The average Bonchev–Trinajstić information content (AvgIpc) is 3.50. The van der Waals surface area contributed by atoms with Crippen LogP contribution < -0.4 is 0 Å². The lowest BCUT2D eigenvalue weighted by molar-refractivity contribution is 0.760. The number of pyridine rings is 1. The van der Waals surface area contributed by atoms with Gasteiger partial charge in [-0.05, 0) is 66.2 Å². The van der Waals surface area contributed by atoms with Crippen LogP contribution in [0, 0.1) is 6.92 Å². The van der Waals surface area contributed by atoms with E-state index in [0.717, 1.165) is 22.5 Å². The zero-order valence-corrected chi connectivity index (χ0v) is 19.4. The predicted octanol–water partition coefficient (Wildman–Crippen LogP) is 5.12. The first-order valence-electron chi connectivity index (χ1n) is 10.2. The van der Waals surface area contributed by atoms with E-state index in [0.29, 0.717) is 21.8 Å². The molecule has 3 aromatic heterocycles. The molecule has 0 N–H and O–H groups in total. The van der Waals surface area contributed by atoms with E-state index in [1.54, 1.807) is 17.1 Å². The van der Waals surface area contributed by atoms with Crippen molar-refractivity contribution >= 4 is 23.4 Å². The smallest absolute Gasteiger partial charge is 0.196 e. The van der Waals surface area contributed by atoms with Gasteiger partial charge >= 0.3 is 0 Å². The molecule has 0 aliphatic carbocycles. The molecule has 5 rings (SSSR count). The molecule has 5 aromatic rings. The van der Waals surface area contributed by atoms with Crippen LogP contribution in [0.3, 0.4) is 0 Å². The van der Waals surface area contributed by atoms with Crippen molar-refractivity contribution in [3.8, 4) is 22.8 Å². The summed E-state index contributed by atoms with van der Waals surface area (Å²) in [7, 11) is 0. The van der Waals surface area contributed by atoms with Crippen LogP contribution in [-0.4, -0.2) is 40.0 Å². The number of halogens is 1. The van der Waals surface area contributed by atoms with Crippen molar-refractivity contribution in [1.29, 1.82) is 0 Å². The molecule has 0 saturated carbocycles. The predicted molar refractivity (Wildman–Crippen MR) is 128 cm³/mol. The van der Waals surface area contributed by atoms with E-state index in [4.69, 9.17) is 11.6 Å². The molecule has 33 heavy (non-hydrogen) atoms. The summed E-state index contributed by atoms with van der Waals surface area (Å²) >= 11 is 7.99. The van der Waals surface area contributed by atoms with Crippen LogP contribution >= 0.6 is 23.4 Å². The average molecular weight is 475 g/mol. The molecule has 1 atom stereocenters. The minimum Gasteiger partial charge on any atom is -0.270 e. The fraction of sp³-hybridized carbons (Fsp3) is 0.130. The van der Waals surface area contributed by atoms with Gasteiger partial charge in [-0.1, -0.05) is 47.6 Å². The highest BCUT2D eigenvalue weighted by atomic mass is 35.5. The van der Waals surface area contributed by atoms with Gasteiger partial charge in [-0.3, -0.25) is 9.55 Å². The normalized spacial score (nSPS) is 12.1. The molecule has 0 saturated heterocycles. The maximum absolute atomic E-state index is 6.46. The van der Waals surface area contributed by atoms with Gasteiger partial charge in [0.1, 0.15) is 0 Å². The fourth-order valence-electron chi connectivity index (χ4n) is 3.50. The van der Waals surface area contributed by atoms with Gasteiger partial charge in [0.25, 0.3) is 0 Å². The second-order valence-corrected chi connectivity index (χ2v) is 9.02. The van der Waals surface area contributed by atoms with E-state index in [1.807, 2.05) is 79.1 Å². The van der Waals surface area contributed by atoms with Crippen molar-refractivity contribution < 1.29 is 0 Å². The molecule has 2 aromatic carbocycles. The summed E-state index contributed by atoms with van der Waals surface area (Å²) in [6.07, 6.45) is 3.48. The lowest BCUT2D eigenvalue weighted by Gasteiger charge is -2.16. The van der Waals surface area contributed by atoms with Gasteiger partial charge in [-0.2, -0.15) is 4.68 Å². The maximum Gasteiger partial charge on any atom is 0.196 e. The molecular weight excluding hydrogens is 456 g/mol. The number of benzene rings is 2. The summed E-state index contributed by atoms with van der Waals surface area (Å²) in [6, 6.07) is 19.4. The van der Waals surface area contributed by atoms with E-state index >= 15 is 0 Å². The van der Waals surface area contributed by atoms with Crippen molar-refractivity contribution in [3.05, 3.63) is 89.5 Å². The summed E-state index contributed by atoms with van der Waals surface area (Å²) in [5, 5.41) is 22.7. The van der Waals surface area contributed by atoms with Crippen LogP contribution in [0.4, 0.5) is 0 Å². The number of para-hydroxylation sites is 1. The highest BCUT2D eigenvalue weighted by Gasteiger charge is 2.23. The number of hydrogen-bond acceptors (Lipinski definition) is 7. The summed E-state index contributed by atoms with van der Waals surface area (Å²) < 4.78 is 3.77. The number of hydrogen-bond donors (Lipinski definition) is 0. The van der Waals surface area contributed by atoms with Crippen LogP contribution in [0.15, 0.2) is 78.2 Å². The lowest BCUT2D eigenvalue weighted by Crippen LogP contribution is -2.07. The zero-order chi connectivity index (χ0) is 22.8. The summed E-state index contributed by atoms with van der Waals surface area (Å²) in [4.78, 5) is 4.12. The standard InChI is InChI=1S/C23H19ClN8S/c1-15-19(24)9-6-10-20(15)31-22(17-11-13-25-14-12-17)26-28-23(31)33-16(2)21-27-29-30-32(21)18-7-4-3-5-8-18/h3-14,16H,1-2H3. The molecule has 0 fully saturated rings. The SMILES string of the molecule is Cc1c(Cl)cccc1-n1c(SC(C)c2nnnn2-c2ccccc2)nnc1-c1ccncc1. The molecule has 8 nitrogen and oxygen atoms in total. The number of tetrazole rings is 1. The topological polar surface area (TPSA) is 87.2 Å². The van der Waals surface area contributed by atoms with Crippen LogP contribution in [0.2, 0.25) is 5.02 Å². The third kappa shape index (κ3) is 4.12. The number of rotatable bonds is 6. The molecule has 0 aliphatic heterocycles. The van der Waals surface area contributed by atoms with Crippen LogP contribution in [0.5, 0.6) is 0 Å². The largest absolute Gasteiger partial charge is 0.270 e. The number of nitrogens with zero attached hydrogens (tertiary/aromatic N) is 8. The zero-order valence-electron chi connectivity index (χ0n) is 17.9. The molecule has 3 heterocycles. The third-order valence-corrected chi connectivity index (χ3v) is 6.64. The van der Waals surface area contributed by atoms with Crippen molar-refractivity contribution in [2.45, 2.75) is 24.3 Å². The minimum absolute atomic E-state index is 0.104. The first kappa shape index (κ1) is 21.3. The summed E-state index contributed by atoms with van der Waals surface area (Å²) in [5.74, 6) is 1.43. The molecular formula is C23H19ClN8S. The van der Waals surface area contributed by atoms with Crippen molar-refractivity contribution in [2.75, 3.05) is 0 Å². The Kier molecular flexibility index (Phi) is 5.89. The van der Waals surface area contributed by atoms with Crippen molar-refractivity contribution in [1.82, 2.24) is 40.0 Å². The maximum atomic E-state index is 6.46. The molecule has 164 valence electrons. The van der Waals surface area contributed by atoms with Gasteiger partial charge in [-0.15, -0.1) is 15.3 Å². The summed E-state index contributed by atoms with van der Waals surface area (Å²) in [5.41, 5.74) is 3.66. The Balaban J connectivity index is 1.58. The van der Waals surface area contributed by atoms with Gasteiger partial charge in [0.05, 0.1) is 16.6 Å². The van der Waals surface area contributed by atoms with Gasteiger partial charge < -0.3 is 0 Å². The van der Waals surface area contributed by atoms with Crippen LogP contribution in [-0.2, 0) is 0 Å². The quantitative estimate of drug-likeness (QED) is 0.315. The lowest BCUT2D eigenvalue weighted by atomic mass is 10.2. The molecule has 10 heteroatoms. The van der Waals surface area contributed by atoms with Gasteiger partial charge in [-0.25, -0.2) is 0 Å². The highest BCUT2D eigenvalue weighted by molar-refractivity contribution is 7.99. The first-order valence-corrected chi connectivity index (χ1v) is 11.5. The Bertz CT molecular complexity index is 1380. The van der Waals surface area contributed by atoms with Gasteiger partial charge in [0, 0.05) is 23.0 Å². The van der Waals surface area contributed by atoms with Crippen LogP contribution in [0.25, 0.3) is 22.8 Å². The molecule has 0 spiro atoms. The Morgan fingerprint density at radius 1 is 0.909 bits per heavy atom. The van der Waals surface area contributed by atoms with E-state index < -0.39 is 0 Å². The highest BCUT2D eigenvalue weighted by Crippen LogP contribution is 2.37. The van der Waals surface area contributed by atoms with E-state index in [2.05, 4.69) is 30.7 Å². The summed E-state index contributed by atoms with van der Waals surface area (Å²) in [6.45, 7) is 4.04. The van der Waals surface area contributed by atoms with Gasteiger partial charge in [0.2, 0.25) is 0 Å². The molecule has 0 bridgehead atoms. The Labute approximate surface area is 199 Å². The third-order valence-electron chi connectivity index (χ3n) is 5.19. The first-order chi connectivity index (χ1) is 16.1.